The van der Waals surface area contributed by atoms with Crippen molar-refractivity contribution >= 4 is 39.8 Å². The minimum absolute atomic E-state index is 0.0926. The van der Waals surface area contributed by atoms with Gasteiger partial charge in [0.25, 0.3) is 5.91 Å². The van der Waals surface area contributed by atoms with E-state index in [1.165, 1.54) is 23.5 Å². The number of carbonyl (C=O) groups excluding carboxylic acids is 1. The summed E-state index contributed by atoms with van der Waals surface area (Å²) in [5.74, 6) is -0.0926. The Balaban J connectivity index is 2.95. The molecule has 0 saturated heterocycles. The number of halogens is 1. The third kappa shape index (κ3) is 2.21. The van der Waals surface area contributed by atoms with Crippen molar-refractivity contribution in [3.63, 3.8) is 0 Å². The molecule has 1 rings (SSSR count). The van der Waals surface area contributed by atoms with Gasteiger partial charge in [0.2, 0.25) is 0 Å². The highest BCUT2D eigenvalue weighted by Gasteiger charge is 2.17. The van der Waals surface area contributed by atoms with Crippen LogP contribution in [0.1, 0.15) is 15.2 Å². The first kappa shape index (κ1) is 10.9. The van der Waals surface area contributed by atoms with Crippen LogP contribution in [0.15, 0.2) is 5.38 Å². The number of carbonyl (C=O) groups is 1. The first-order valence-corrected chi connectivity index (χ1v) is 5.59. The van der Waals surface area contributed by atoms with E-state index in [2.05, 4.69) is 22.6 Å². The Kier molecular flexibility index (Phi) is 3.69. The third-order valence-corrected chi connectivity index (χ3v) is 4.50. The Morgan fingerprint density at radius 3 is 2.69 bits per heavy atom. The van der Waals surface area contributed by atoms with Gasteiger partial charge in [0.05, 0.1) is 7.11 Å². The average molecular weight is 311 g/mol. The van der Waals surface area contributed by atoms with E-state index in [1.54, 1.807) is 7.05 Å². The Bertz CT molecular complexity index is 324. The van der Waals surface area contributed by atoms with Crippen LogP contribution in [0.4, 0.5) is 0 Å². The maximum atomic E-state index is 11.6. The standard InChI is InChI=1S/C8H10INO2S/c1-5-4-13-7(6(5)9)8(11)10(2)12-3/h4H,1-3H3. The van der Waals surface area contributed by atoms with Crippen molar-refractivity contribution in [3.8, 4) is 0 Å². The second-order valence-corrected chi connectivity index (χ2v) is 4.51. The zero-order valence-electron chi connectivity index (χ0n) is 7.63. The predicted molar refractivity (Wildman–Crippen MR) is 60.9 cm³/mol. The van der Waals surface area contributed by atoms with Crippen LogP contribution < -0.4 is 0 Å². The normalized spacial score (nSPS) is 10.2. The number of rotatable bonds is 2. The monoisotopic (exact) mass is 311 g/mol. The number of hydroxylamine groups is 2. The zero-order valence-corrected chi connectivity index (χ0v) is 10.6. The summed E-state index contributed by atoms with van der Waals surface area (Å²) in [6.45, 7) is 1.99. The molecule has 0 aliphatic rings. The Morgan fingerprint density at radius 2 is 2.31 bits per heavy atom. The van der Waals surface area contributed by atoms with E-state index >= 15 is 0 Å². The highest BCUT2D eigenvalue weighted by molar-refractivity contribution is 14.1. The van der Waals surface area contributed by atoms with E-state index < -0.39 is 0 Å². The van der Waals surface area contributed by atoms with E-state index in [9.17, 15) is 4.79 Å². The molecule has 0 atom stereocenters. The molecule has 3 nitrogen and oxygen atoms in total. The molecule has 1 aromatic heterocycles. The van der Waals surface area contributed by atoms with Gasteiger partial charge in [-0.15, -0.1) is 11.3 Å². The van der Waals surface area contributed by atoms with E-state index in [4.69, 9.17) is 4.84 Å². The summed E-state index contributed by atoms with van der Waals surface area (Å²) in [6.07, 6.45) is 0. The largest absolute Gasteiger partial charge is 0.288 e. The Morgan fingerprint density at radius 1 is 1.69 bits per heavy atom. The van der Waals surface area contributed by atoms with Crippen molar-refractivity contribution in [2.75, 3.05) is 14.2 Å². The SMILES string of the molecule is CON(C)C(=O)c1scc(C)c1I. The van der Waals surface area contributed by atoms with Gasteiger partial charge in [-0.25, -0.2) is 5.06 Å². The molecule has 5 heteroatoms. The molecule has 1 heterocycles. The molecule has 13 heavy (non-hydrogen) atoms. The molecule has 0 aliphatic carbocycles. The van der Waals surface area contributed by atoms with E-state index in [-0.39, 0.29) is 5.91 Å². The second-order valence-electron chi connectivity index (χ2n) is 2.55. The molecule has 0 spiro atoms. The van der Waals surface area contributed by atoms with Crippen LogP contribution in [-0.4, -0.2) is 25.1 Å². The van der Waals surface area contributed by atoms with E-state index in [0.717, 1.165) is 14.0 Å². The van der Waals surface area contributed by atoms with Crippen molar-refractivity contribution in [1.82, 2.24) is 5.06 Å². The number of amides is 1. The topological polar surface area (TPSA) is 29.5 Å². The minimum Gasteiger partial charge on any atom is -0.274 e. The summed E-state index contributed by atoms with van der Waals surface area (Å²) in [6, 6.07) is 0. The molecule has 0 N–H and O–H groups in total. The second kappa shape index (κ2) is 4.39. The summed E-state index contributed by atoms with van der Waals surface area (Å²) in [5.41, 5.74) is 1.14. The fraction of sp³-hybridized carbons (Fsp3) is 0.375. The lowest BCUT2D eigenvalue weighted by molar-refractivity contribution is -0.0754. The van der Waals surface area contributed by atoms with Crippen molar-refractivity contribution < 1.29 is 9.63 Å². The first-order valence-electron chi connectivity index (χ1n) is 3.63. The Labute approximate surface area is 94.8 Å². The van der Waals surface area contributed by atoms with Crippen LogP contribution >= 0.6 is 33.9 Å². The van der Waals surface area contributed by atoms with Crippen LogP contribution in [0.5, 0.6) is 0 Å². The van der Waals surface area contributed by atoms with Crippen molar-refractivity contribution in [1.29, 1.82) is 0 Å². The lowest BCUT2D eigenvalue weighted by atomic mass is 10.3. The molecular formula is C8H10INO2S. The number of hydrogen-bond acceptors (Lipinski definition) is 3. The molecule has 0 radical (unpaired) electrons. The molecule has 1 amide bonds. The highest BCUT2D eigenvalue weighted by Crippen LogP contribution is 2.24. The van der Waals surface area contributed by atoms with Gasteiger partial charge < -0.3 is 0 Å². The molecule has 0 saturated carbocycles. The maximum Gasteiger partial charge on any atom is 0.288 e. The zero-order chi connectivity index (χ0) is 10.0. The van der Waals surface area contributed by atoms with E-state index in [0.29, 0.717) is 0 Å². The quantitative estimate of drug-likeness (QED) is 0.619. The number of aryl methyl sites for hydroxylation is 1. The van der Waals surface area contributed by atoms with Gasteiger partial charge in [-0.3, -0.25) is 9.63 Å². The average Bonchev–Trinajstić information content (AvgIpc) is 2.45. The molecule has 0 unspecified atom stereocenters. The molecule has 0 bridgehead atoms. The van der Waals surface area contributed by atoms with Crippen LogP contribution in [0, 0.1) is 10.5 Å². The molecular weight excluding hydrogens is 301 g/mol. The predicted octanol–water partition coefficient (Wildman–Crippen LogP) is 2.29. The van der Waals surface area contributed by atoms with Gasteiger partial charge in [-0.1, -0.05) is 0 Å². The summed E-state index contributed by atoms with van der Waals surface area (Å²) < 4.78 is 1.01. The lowest BCUT2D eigenvalue weighted by Gasteiger charge is -2.12. The highest BCUT2D eigenvalue weighted by atomic mass is 127. The van der Waals surface area contributed by atoms with Gasteiger partial charge in [0, 0.05) is 10.6 Å². The van der Waals surface area contributed by atoms with Gasteiger partial charge in [-0.05, 0) is 40.5 Å². The summed E-state index contributed by atoms with van der Waals surface area (Å²) in [5, 5.41) is 3.20. The summed E-state index contributed by atoms with van der Waals surface area (Å²) >= 11 is 3.62. The smallest absolute Gasteiger partial charge is 0.274 e. The molecule has 72 valence electrons. The number of nitrogens with zero attached hydrogens (tertiary/aromatic N) is 1. The Hall–Kier alpha value is -0.140. The van der Waals surface area contributed by atoms with Crippen LogP contribution in [0.25, 0.3) is 0 Å². The van der Waals surface area contributed by atoms with Crippen molar-refractivity contribution in [3.05, 3.63) is 19.4 Å². The van der Waals surface area contributed by atoms with Crippen LogP contribution in [0.3, 0.4) is 0 Å². The molecule has 0 aromatic carbocycles. The summed E-state index contributed by atoms with van der Waals surface area (Å²) in [4.78, 5) is 17.2. The first-order chi connectivity index (χ1) is 6.07. The van der Waals surface area contributed by atoms with Gasteiger partial charge in [-0.2, -0.15) is 0 Å². The maximum absolute atomic E-state index is 11.6. The fourth-order valence-electron chi connectivity index (χ4n) is 0.800. The minimum atomic E-state index is -0.0926. The number of hydrogen-bond donors (Lipinski definition) is 0. The van der Waals surface area contributed by atoms with Crippen LogP contribution in [0.2, 0.25) is 0 Å². The van der Waals surface area contributed by atoms with Crippen molar-refractivity contribution in [2.24, 2.45) is 0 Å². The van der Waals surface area contributed by atoms with Crippen LogP contribution in [-0.2, 0) is 4.84 Å². The molecule has 1 aromatic rings. The molecule has 0 fully saturated rings. The number of thiophene rings is 1. The van der Waals surface area contributed by atoms with E-state index in [1.807, 2.05) is 12.3 Å². The molecule has 0 aliphatic heterocycles. The third-order valence-electron chi connectivity index (χ3n) is 1.65. The lowest BCUT2D eigenvalue weighted by Crippen LogP contribution is -2.25. The van der Waals surface area contributed by atoms with Gasteiger partial charge >= 0.3 is 0 Å². The fourth-order valence-corrected chi connectivity index (χ4v) is 2.69. The van der Waals surface area contributed by atoms with Gasteiger partial charge in [0.1, 0.15) is 4.88 Å². The van der Waals surface area contributed by atoms with Gasteiger partial charge in [0.15, 0.2) is 0 Å². The summed E-state index contributed by atoms with van der Waals surface area (Å²) in [7, 11) is 3.08. The van der Waals surface area contributed by atoms with Crippen molar-refractivity contribution in [2.45, 2.75) is 6.92 Å².